The predicted octanol–water partition coefficient (Wildman–Crippen LogP) is 1.30. The minimum absolute atomic E-state index is 0.506. The van der Waals surface area contributed by atoms with E-state index in [1.165, 1.54) is 6.33 Å². The third-order valence-electron chi connectivity index (χ3n) is 2.69. The first kappa shape index (κ1) is 10.7. The molecule has 3 rings (SSSR count). The number of nitrogens with one attached hydrogen (secondary N) is 2. The maximum Gasteiger partial charge on any atom is 0.263 e. The zero-order chi connectivity index (χ0) is 12.4. The van der Waals surface area contributed by atoms with Crippen molar-refractivity contribution in [1.82, 2.24) is 25.3 Å². The van der Waals surface area contributed by atoms with Crippen molar-refractivity contribution in [3.05, 3.63) is 30.0 Å². The predicted molar refractivity (Wildman–Crippen MR) is 65.1 cm³/mol. The summed E-state index contributed by atoms with van der Waals surface area (Å²) in [6, 6.07) is 1.95. The highest BCUT2D eigenvalue weighted by Crippen LogP contribution is 2.21. The molecule has 0 radical (unpaired) electrons. The van der Waals surface area contributed by atoms with Gasteiger partial charge in [0.15, 0.2) is 0 Å². The normalized spacial score (nSPS) is 10.9. The summed E-state index contributed by atoms with van der Waals surface area (Å²) in [4.78, 5) is 8.23. The molecule has 0 saturated carbocycles. The first-order valence-electron chi connectivity index (χ1n) is 5.63. The van der Waals surface area contributed by atoms with Gasteiger partial charge in [-0.3, -0.25) is 5.10 Å². The van der Waals surface area contributed by atoms with Gasteiger partial charge in [0.05, 0.1) is 5.69 Å². The lowest BCUT2D eigenvalue weighted by atomic mass is 10.3. The Labute approximate surface area is 103 Å². The number of rotatable bonds is 4. The van der Waals surface area contributed by atoms with Crippen LogP contribution in [0.5, 0.6) is 0 Å². The van der Waals surface area contributed by atoms with Crippen LogP contribution in [0.25, 0.3) is 11.1 Å². The molecule has 0 bridgehead atoms. The Hall–Kier alpha value is -2.44. The van der Waals surface area contributed by atoms with Crippen LogP contribution in [-0.4, -0.2) is 31.9 Å². The topological polar surface area (TPSA) is 92.5 Å². The molecular formula is C11H12N6O. The monoisotopic (exact) mass is 244 g/mol. The molecular weight excluding hydrogens is 232 g/mol. The molecule has 92 valence electrons. The molecule has 2 N–H and O–H groups in total. The lowest BCUT2D eigenvalue weighted by Gasteiger charge is -2.04. The number of aromatic amines is 1. The van der Waals surface area contributed by atoms with Gasteiger partial charge in [0.25, 0.3) is 5.71 Å². The molecule has 0 aliphatic heterocycles. The molecule has 0 aliphatic rings. The molecule has 3 aromatic heterocycles. The second-order valence-electron chi connectivity index (χ2n) is 3.93. The number of hydrogen-bond donors (Lipinski definition) is 2. The Bertz CT molecular complexity index is 645. The van der Waals surface area contributed by atoms with Crippen LogP contribution in [0.15, 0.2) is 23.1 Å². The van der Waals surface area contributed by atoms with Gasteiger partial charge in [-0.05, 0) is 13.0 Å². The van der Waals surface area contributed by atoms with Gasteiger partial charge in [0.1, 0.15) is 17.5 Å². The summed E-state index contributed by atoms with van der Waals surface area (Å²) < 4.78 is 5.08. The van der Waals surface area contributed by atoms with E-state index in [2.05, 4.69) is 30.6 Å². The zero-order valence-electron chi connectivity index (χ0n) is 9.84. The van der Waals surface area contributed by atoms with Crippen molar-refractivity contribution in [2.75, 3.05) is 11.9 Å². The molecule has 18 heavy (non-hydrogen) atoms. The van der Waals surface area contributed by atoms with Gasteiger partial charge < -0.3 is 9.84 Å². The quantitative estimate of drug-likeness (QED) is 0.718. The van der Waals surface area contributed by atoms with Gasteiger partial charge in [0, 0.05) is 24.9 Å². The number of anilines is 1. The Balaban J connectivity index is 1.76. The Morgan fingerprint density at radius 3 is 3.17 bits per heavy atom. The van der Waals surface area contributed by atoms with Crippen molar-refractivity contribution in [2.24, 2.45) is 0 Å². The summed E-state index contributed by atoms with van der Waals surface area (Å²) in [7, 11) is 0. The van der Waals surface area contributed by atoms with E-state index in [1.54, 1.807) is 6.20 Å². The van der Waals surface area contributed by atoms with E-state index in [1.807, 2.05) is 13.0 Å². The Morgan fingerprint density at radius 1 is 1.39 bits per heavy atom. The number of fused-ring (bicyclic) bond motifs is 1. The molecule has 0 aromatic carbocycles. The van der Waals surface area contributed by atoms with Crippen molar-refractivity contribution < 1.29 is 4.52 Å². The third kappa shape index (κ3) is 1.90. The lowest BCUT2D eigenvalue weighted by Crippen LogP contribution is -2.07. The number of aryl methyl sites for hydroxylation is 1. The number of hydrogen-bond acceptors (Lipinski definition) is 6. The summed E-state index contributed by atoms with van der Waals surface area (Å²) >= 11 is 0. The molecule has 0 aliphatic carbocycles. The summed E-state index contributed by atoms with van der Waals surface area (Å²) in [6.45, 7) is 2.62. The van der Waals surface area contributed by atoms with Crippen LogP contribution in [-0.2, 0) is 6.42 Å². The van der Waals surface area contributed by atoms with E-state index >= 15 is 0 Å². The van der Waals surface area contributed by atoms with E-state index < -0.39 is 0 Å². The van der Waals surface area contributed by atoms with Crippen LogP contribution in [0.2, 0.25) is 0 Å². The number of aromatic nitrogens is 5. The molecule has 0 amide bonds. The Kier molecular flexibility index (Phi) is 2.64. The second-order valence-corrected chi connectivity index (χ2v) is 3.93. The molecule has 0 unspecified atom stereocenters. The maximum atomic E-state index is 5.08. The summed E-state index contributed by atoms with van der Waals surface area (Å²) in [5.74, 6) is 0.748. The third-order valence-corrected chi connectivity index (χ3v) is 2.69. The van der Waals surface area contributed by atoms with Crippen LogP contribution >= 0.6 is 0 Å². The van der Waals surface area contributed by atoms with Crippen LogP contribution in [0, 0.1) is 6.92 Å². The Morgan fingerprint density at radius 2 is 2.33 bits per heavy atom. The highest BCUT2D eigenvalue weighted by Gasteiger charge is 2.11. The maximum absolute atomic E-state index is 5.08. The molecule has 0 fully saturated rings. The number of nitrogens with zero attached hydrogens (tertiary/aromatic N) is 4. The van der Waals surface area contributed by atoms with Gasteiger partial charge in [-0.15, -0.1) is 0 Å². The van der Waals surface area contributed by atoms with Crippen LogP contribution in [0.4, 0.5) is 5.82 Å². The minimum atomic E-state index is 0.506. The fourth-order valence-electron chi connectivity index (χ4n) is 1.80. The summed E-state index contributed by atoms with van der Waals surface area (Å²) in [5.41, 5.74) is 2.37. The number of H-pyrrole nitrogens is 1. The molecule has 7 nitrogen and oxygen atoms in total. The van der Waals surface area contributed by atoms with Crippen molar-refractivity contribution in [1.29, 1.82) is 0 Å². The molecule has 3 heterocycles. The highest BCUT2D eigenvalue weighted by atomic mass is 16.5. The average Bonchev–Trinajstić information content (AvgIpc) is 3.00. The van der Waals surface area contributed by atoms with Crippen molar-refractivity contribution in [2.45, 2.75) is 13.3 Å². The van der Waals surface area contributed by atoms with E-state index in [9.17, 15) is 0 Å². The molecule has 3 aromatic rings. The van der Waals surface area contributed by atoms with E-state index in [0.717, 1.165) is 35.6 Å². The SMILES string of the molecule is Cc1noc2ncnc(NCCc3ccn[nH]3)c12. The van der Waals surface area contributed by atoms with Crippen LogP contribution in [0.1, 0.15) is 11.4 Å². The fraction of sp³-hybridized carbons (Fsp3) is 0.273. The standard InChI is InChI=1S/C11H12N6O/c1-7-9-10(13-6-14-11(9)18-17-7)12-4-2-8-3-5-15-16-8/h3,5-6H,2,4H2,1H3,(H,15,16)(H,12,13,14). The highest BCUT2D eigenvalue weighted by molar-refractivity contribution is 5.87. The van der Waals surface area contributed by atoms with E-state index in [-0.39, 0.29) is 0 Å². The fourth-order valence-corrected chi connectivity index (χ4v) is 1.80. The second kappa shape index (κ2) is 4.44. The first-order valence-corrected chi connectivity index (χ1v) is 5.63. The average molecular weight is 244 g/mol. The molecule has 0 spiro atoms. The smallest absolute Gasteiger partial charge is 0.263 e. The molecule has 0 atom stereocenters. The first-order chi connectivity index (χ1) is 8.84. The van der Waals surface area contributed by atoms with Gasteiger partial charge >= 0.3 is 0 Å². The largest absolute Gasteiger partial charge is 0.369 e. The van der Waals surface area contributed by atoms with Gasteiger partial charge in [-0.1, -0.05) is 5.16 Å². The van der Waals surface area contributed by atoms with Crippen LogP contribution < -0.4 is 5.32 Å². The van der Waals surface area contributed by atoms with Gasteiger partial charge in [0.2, 0.25) is 0 Å². The van der Waals surface area contributed by atoms with Crippen LogP contribution in [0.3, 0.4) is 0 Å². The molecule has 0 saturated heterocycles. The van der Waals surface area contributed by atoms with Crippen molar-refractivity contribution >= 4 is 16.9 Å². The van der Waals surface area contributed by atoms with E-state index in [0.29, 0.717) is 5.71 Å². The zero-order valence-corrected chi connectivity index (χ0v) is 9.84. The lowest BCUT2D eigenvalue weighted by molar-refractivity contribution is 0.442. The molecule has 7 heteroatoms. The van der Waals surface area contributed by atoms with Crippen molar-refractivity contribution in [3.63, 3.8) is 0 Å². The van der Waals surface area contributed by atoms with Gasteiger partial charge in [-0.25, -0.2) is 4.98 Å². The van der Waals surface area contributed by atoms with Crippen molar-refractivity contribution in [3.8, 4) is 0 Å². The van der Waals surface area contributed by atoms with Gasteiger partial charge in [-0.2, -0.15) is 10.1 Å². The summed E-state index contributed by atoms with van der Waals surface area (Å²) in [6.07, 6.45) is 4.05. The minimum Gasteiger partial charge on any atom is -0.369 e. The summed E-state index contributed by atoms with van der Waals surface area (Å²) in [5, 5.41) is 14.8. The van der Waals surface area contributed by atoms with E-state index in [4.69, 9.17) is 4.52 Å².